The van der Waals surface area contributed by atoms with E-state index >= 15 is 0 Å². The van der Waals surface area contributed by atoms with Gasteiger partial charge in [-0.25, -0.2) is 4.98 Å². The fourth-order valence-corrected chi connectivity index (χ4v) is 2.34. The van der Waals surface area contributed by atoms with Crippen LogP contribution in [-0.2, 0) is 6.54 Å². The average molecular weight is 305 g/mol. The number of nitrogens with one attached hydrogen (secondary N) is 2. The van der Waals surface area contributed by atoms with E-state index in [0.29, 0.717) is 21.6 Å². The van der Waals surface area contributed by atoms with Gasteiger partial charge >= 0.3 is 0 Å². The molecule has 3 nitrogen and oxygen atoms in total. The van der Waals surface area contributed by atoms with E-state index in [1.807, 2.05) is 13.0 Å². The topological polar surface area (TPSA) is 40.7 Å². The second kappa shape index (κ2) is 5.93. The van der Waals surface area contributed by atoms with E-state index < -0.39 is 0 Å². The first-order valence-electron chi connectivity index (χ1n) is 5.43. The number of H-pyrrole nitrogens is 1. The minimum Gasteiger partial charge on any atom is -0.347 e. The third kappa shape index (κ3) is 2.98. The van der Waals surface area contributed by atoms with Crippen LogP contribution in [0.5, 0.6) is 0 Å². The zero-order valence-electron chi connectivity index (χ0n) is 9.67. The van der Waals surface area contributed by atoms with Crippen molar-refractivity contribution in [1.82, 2.24) is 15.3 Å². The Kier molecular flexibility index (Phi) is 4.51. The van der Waals surface area contributed by atoms with E-state index in [4.69, 9.17) is 34.8 Å². The minimum absolute atomic E-state index is 0.0653. The standard InChI is InChI=1S/C12H12Cl3N3/c1-7(17-5-8-4-16-6-18-8)9-2-3-10(13)12(15)11(9)14/h2-4,6-7,17H,5H2,1H3,(H,16,18). The van der Waals surface area contributed by atoms with Crippen LogP contribution < -0.4 is 5.32 Å². The van der Waals surface area contributed by atoms with Crippen LogP contribution in [0.25, 0.3) is 0 Å². The Morgan fingerprint density at radius 1 is 1.28 bits per heavy atom. The number of rotatable bonds is 4. The number of aromatic amines is 1. The summed E-state index contributed by atoms with van der Waals surface area (Å²) in [6.07, 6.45) is 3.42. The molecule has 96 valence electrons. The fraction of sp³-hybridized carbons (Fsp3) is 0.250. The molecule has 0 spiro atoms. The van der Waals surface area contributed by atoms with Crippen LogP contribution >= 0.6 is 34.8 Å². The molecule has 1 aromatic heterocycles. The molecule has 0 fully saturated rings. The van der Waals surface area contributed by atoms with E-state index in [0.717, 1.165) is 11.3 Å². The first kappa shape index (κ1) is 13.7. The molecule has 0 aliphatic heterocycles. The van der Waals surface area contributed by atoms with Crippen molar-refractivity contribution in [1.29, 1.82) is 0 Å². The third-order valence-electron chi connectivity index (χ3n) is 2.69. The van der Waals surface area contributed by atoms with Gasteiger partial charge in [0.1, 0.15) is 0 Å². The van der Waals surface area contributed by atoms with E-state index in [2.05, 4.69) is 15.3 Å². The molecule has 1 atom stereocenters. The normalized spacial score (nSPS) is 12.7. The Morgan fingerprint density at radius 3 is 2.72 bits per heavy atom. The summed E-state index contributed by atoms with van der Waals surface area (Å²) < 4.78 is 0. The minimum atomic E-state index is 0.0653. The summed E-state index contributed by atoms with van der Waals surface area (Å²) in [4.78, 5) is 6.98. The number of hydrogen-bond donors (Lipinski definition) is 2. The number of nitrogens with zero attached hydrogens (tertiary/aromatic N) is 1. The van der Waals surface area contributed by atoms with Crippen LogP contribution in [0.4, 0.5) is 0 Å². The van der Waals surface area contributed by atoms with Crippen molar-refractivity contribution in [3.8, 4) is 0 Å². The number of aromatic nitrogens is 2. The molecule has 0 saturated heterocycles. The third-order valence-corrected chi connectivity index (χ3v) is 3.99. The molecule has 2 N–H and O–H groups in total. The summed E-state index contributed by atoms with van der Waals surface area (Å²) in [5, 5.41) is 4.68. The lowest BCUT2D eigenvalue weighted by Gasteiger charge is -2.16. The zero-order valence-corrected chi connectivity index (χ0v) is 11.9. The van der Waals surface area contributed by atoms with Crippen molar-refractivity contribution in [2.75, 3.05) is 0 Å². The molecule has 2 aromatic rings. The molecule has 0 aliphatic carbocycles. The highest BCUT2D eigenvalue weighted by molar-refractivity contribution is 6.48. The molecule has 1 aromatic carbocycles. The maximum Gasteiger partial charge on any atom is 0.0922 e. The molecule has 18 heavy (non-hydrogen) atoms. The molecule has 0 aliphatic rings. The first-order valence-corrected chi connectivity index (χ1v) is 6.57. The van der Waals surface area contributed by atoms with Gasteiger partial charge in [0.05, 0.1) is 21.4 Å². The van der Waals surface area contributed by atoms with Gasteiger partial charge in [0.25, 0.3) is 0 Å². The Hall–Kier alpha value is -0.740. The molecule has 0 saturated carbocycles. The summed E-state index contributed by atoms with van der Waals surface area (Å²) in [7, 11) is 0. The fourth-order valence-electron chi connectivity index (χ4n) is 1.63. The molecular formula is C12H12Cl3N3. The second-order valence-corrected chi connectivity index (χ2v) is 5.11. The van der Waals surface area contributed by atoms with Crippen LogP contribution in [0.2, 0.25) is 15.1 Å². The first-order chi connectivity index (χ1) is 8.59. The molecular weight excluding hydrogens is 293 g/mol. The van der Waals surface area contributed by atoms with Gasteiger partial charge in [0, 0.05) is 24.5 Å². The van der Waals surface area contributed by atoms with Crippen molar-refractivity contribution in [2.24, 2.45) is 0 Å². The second-order valence-electron chi connectivity index (χ2n) is 3.94. The quantitative estimate of drug-likeness (QED) is 0.830. The highest BCUT2D eigenvalue weighted by atomic mass is 35.5. The van der Waals surface area contributed by atoms with Gasteiger partial charge in [0.2, 0.25) is 0 Å². The summed E-state index contributed by atoms with van der Waals surface area (Å²) in [5.41, 5.74) is 1.93. The van der Waals surface area contributed by atoms with E-state index in [9.17, 15) is 0 Å². The van der Waals surface area contributed by atoms with Gasteiger partial charge in [-0.1, -0.05) is 40.9 Å². The van der Waals surface area contributed by atoms with Crippen molar-refractivity contribution in [3.05, 3.63) is 51.0 Å². The molecule has 6 heteroatoms. The SMILES string of the molecule is CC(NCc1cnc[nH]1)c1ccc(Cl)c(Cl)c1Cl. The smallest absolute Gasteiger partial charge is 0.0922 e. The van der Waals surface area contributed by atoms with Gasteiger partial charge in [-0.2, -0.15) is 0 Å². The summed E-state index contributed by atoms with van der Waals surface area (Å²) >= 11 is 18.1. The van der Waals surface area contributed by atoms with E-state index in [-0.39, 0.29) is 6.04 Å². The monoisotopic (exact) mass is 303 g/mol. The predicted molar refractivity (Wildman–Crippen MR) is 75.3 cm³/mol. The molecule has 1 unspecified atom stereocenters. The summed E-state index contributed by atoms with van der Waals surface area (Å²) in [6.45, 7) is 2.69. The van der Waals surface area contributed by atoms with Crippen molar-refractivity contribution in [3.63, 3.8) is 0 Å². The highest BCUT2D eigenvalue weighted by Crippen LogP contribution is 2.35. The predicted octanol–water partition coefficient (Wildman–Crippen LogP) is 4.22. The Balaban J connectivity index is 2.09. The lowest BCUT2D eigenvalue weighted by Crippen LogP contribution is -2.18. The van der Waals surface area contributed by atoms with Crippen LogP contribution in [0.1, 0.15) is 24.2 Å². The van der Waals surface area contributed by atoms with Crippen LogP contribution in [0.3, 0.4) is 0 Å². The van der Waals surface area contributed by atoms with Gasteiger partial charge < -0.3 is 10.3 Å². The Bertz CT molecular complexity index is 526. The largest absolute Gasteiger partial charge is 0.347 e. The maximum atomic E-state index is 6.18. The van der Waals surface area contributed by atoms with Crippen molar-refractivity contribution < 1.29 is 0 Å². The average Bonchev–Trinajstić information content (AvgIpc) is 2.86. The van der Waals surface area contributed by atoms with Crippen LogP contribution in [0.15, 0.2) is 24.7 Å². The summed E-state index contributed by atoms with van der Waals surface area (Å²) in [5.74, 6) is 0. The Labute approximate surface area is 120 Å². The lowest BCUT2D eigenvalue weighted by atomic mass is 10.1. The van der Waals surface area contributed by atoms with E-state index in [1.54, 1.807) is 18.6 Å². The van der Waals surface area contributed by atoms with Crippen molar-refractivity contribution >= 4 is 34.8 Å². The van der Waals surface area contributed by atoms with Gasteiger partial charge in [0.15, 0.2) is 0 Å². The lowest BCUT2D eigenvalue weighted by molar-refractivity contribution is 0.569. The van der Waals surface area contributed by atoms with Crippen LogP contribution in [-0.4, -0.2) is 9.97 Å². The van der Waals surface area contributed by atoms with E-state index in [1.165, 1.54) is 0 Å². The highest BCUT2D eigenvalue weighted by Gasteiger charge is 2.14. The van der Waals surface area contributed by atoms with Crippen LogP contribution in [0, 0.1) is 0 Å². The number of hydrogen-bond acceptors (Lipinski definition) is 2. The number of benzene rings is 1. The number of halogens is 3. The van der Waals surface area contributed by atoms with Gasteiger partial charge in [-0.05, 0) is 18.6 Å². The molecule has 2 rings (SSSR count). The summed E-state index contributed by atoms with van der Waals surface area (Å²) in [6, 6.07) is 3.69. The molecule has 0 amide bonds. The Morgan fingerprint density at radius 2 is 2.06 bits per heavy atom. The molecule has 1 heterocycles. The molecule has 0 bridgehead atoms. The maximum absolute atomic E-state index is 6.18. The van der Waals surface area contributed by atoms with Gasteiger partial charge in [-0.15, -0.1) is 0 Å². The molecule has 0 radical (unpaired) electrons. The number of imidazole rings is 1. The zero-order chi connectivity index (χ0) is 13.1. The van der Waals surface area contributed by atoms with Gasteiger partial charge in [-0.3, -0.25) is 0 Å². The van der Waals surface area contributed by atoms with Crippen molar-refractivity contribution in [2.45, 2.75) is 19.5 Å².